The Hall–Kier alpha value is -1.59. The Bertz CT molecular complexity index is 391. The van der Waals surface area contributed by atoms with Crippen molar-refractivity contribution in [2.45, 2.75) is 32.8 Å². The molecule has 0 unspecified atom stereocenters. The van der Waals surface area contributed by atoms with Crippen molar-refractivity contribution in [2.24, 2.45) is 5.92 Å². The molecule has 6 nitrogen and oxygen atoms in total. The van der Waals surface area contributed by atoms with Crippen LogP contribution in [-0.2, 0) is 0 Å². The normalized spacial score (nSPS) is 15.1. The van der Waals surface area contributed by atoms with E-state index in [1.807, 2.05) is 25.8 Å². The lowest BCUT2D eigenvalue weighted by atomic mass is 10.4. The number of nitrogens with zero attached hydrogens (tertiary/aromatic N) is 4. The summed E-state index contributed by atoms with van der Waals surface area (Å²) < 4.78 is 5.44. The second-order valence-corrected chi connectivity index (χ2v) is 4.77. The van der Waals surface area contributed by atoms with Crippen LogP contribution < -0.4 is 15.4 Å². The minimum atomic E-state index is 0.0263. The van der Waals surface area contributed by atoms with Crippen LogP contribution in [0, 0.1) is 5.92 Å². The Kier molecular flexibility index (Phi) is 3.31. The maximum atomic E-state index is 5.65. The van der Waals surface area contributed by atoms with E-state index < -0.39 is 0 Å². The molecule has 0 atom stereocenters. The number of hydrogen-bond donors (Lipinski definition) is 1. The van der Waals surface area contributed by atoms with Gasteiger partial charge in [-0.2, -0.15) is 15.0 Å². The van der Waals surface area contributed by atoms with Gasteiger partial charge in [-0.3, -0.25) is 0 Å². The van der Waals surface area contributed by atoms with E-state index in [4.69, 9.17) is 10.5 Å². The maximum absolute atomic E-state index is 5.65. The SMILES string of the molecule is CC(C)Oc1nc(N)nc(N(C)CC2CC2)n1. The lowest BCUT2D eigenvalue weighted by Crippen LogP contribution is -2.23. The molecule has 0 aromatic carbocycles. The highest BCUT2D eigenvalue weighted by atomic mass is 16.5. The highest BCUT2D eigenvalue weighted by Gasteiger charge is 2.24. The molecule has 1 aliphatic carbocycles. The fourth-order valence-corrected chi connectivity index (χ4v) is 1.56. The van der Waals surface area contributed by atoms with Gasteiger partial charge in [0.05, 0.1) is 6.10 Å². The van der Waals surface area contributed by atoms with Crippen molar-refractivity contribution in [2.75, 3.05) is 24.2 Å². The summed E-state index contributed by atoms with van der Waals surface area (Å²) in [4.78, 5) is 14.3. The fourth-order valence-electron chi connectivity index (χ4n) is 1.56. The molecule has 0 radical (unpaired) electrons. The zero-order chi connectivity index (χ0) is 12.4. The number of rotatable bonds is 5. The first-order valence-corrected chi connectivity index (χ1v) is 5.94. The first-order chi connectivity index (χ1) is 8.04. The van der Waals surface area contributed by atoms with Gasteiger partial charge in [-0.05, 0) is 32.6 Å². The van der Waals surface area contributed by atoms with Gasteiger partial charge in [0.1, 0.15) is 0 Å². The number of anilines is 2. The summed E-state index contributed by atoms with van der Waals surface area (Å²) >= 11 is 0. The van der Waals surface area contributed by atoms with Crippen molar-refractivity contribution < 1.29 is 4.74 Å². The van der Waals surface area contributed by atoms with Crippen LogP contribution in [0.4, 0.5) is 11.9 Å². The van der Waals surface area contributed by atoms with Gasteiger partial charge in [0.2, 0.25) is 11.9 Å². The molecule has 0 amide bonds. The van der Waals surface area contributed by atoms with E-state index in [1.165, 1.54) is 12.8 Å². The predicted octanol–water partition coefficient (Wildman–Crippen LogP) is 1.09. The van der Waals surface area contributed by atoms with Crippen LogP contribution in [0.15, 0.2) is 0 Å². The first-order valence-electron chi connectivity index (χ1n) is 5.94. The Morgan fingerprint density at radius 1 is 1.35 bits per heavy atom. The molecule has 0 spiro atoms. The molecular formula is C11H19N5O. The molecular weight excluding hydrogens is 218 g/mol. The van der Waals surface area contributed by atoms with Crippen molar-refractivity contribution in [3.8, 4) is 6.01 Å². The summed E-state index contributed by atoms with van der Waals surface area (Å²) in [6.07, 6.45) is 2.61. The van der Waals surface area contributed by atoms with Crippen LogP contribution >= 0.6 is 0 Å². The molecule has 1 aromatic heterocycles. The van der Waals surface area contributed by atoms with Crippen LogP contribution in [0.3, 0.4) is 0 Å². The summed E-state index contributed by atoms with van der Waals surface area (Å²) in [5.41, 5.74) is 5.65. The monoisotopic (exact) mass is 237 g/mol. The minimum Gasteiger partial charge on any atom is -0.461 e. The van der Waals surface area contributed by atoms with Crippen molar-refractivity contribution in [3.63, 3.8) is 0 Å². The first kappa shape index (κ1) is 11.9. The van der Waals surface area contributed by atoms with E-state index in [2.05, 4.69) is 15.0 Å². The number of nitrogen functional groups attached to an aromatic ring is 1. The zero-order valence-corrected chi connectivity index (χ0v) is 10.6. The van der Waals surface area contributed by atoms with Crippen molar-refractivity contribution in [1.82, 2.24) is 15.0 Å². The van der Waals surface area contributed by atoms with Gasteiger partial charge in [0, 0.05) is 13.6 Å². The van der Waals surface area contributed by atoms with Crippen LogP contribution in [0.2, 0.25) is 0 Å². The van der Waals surface area contributed by atoms with E-state index >= 15 is 0 Å². The van der Waals surface area contributed by atoms with E-state index in [9.17, 15) is 0 Å². The van der Waals surface area contributed by atoms with E-state index in [1.54, 1.807) is 0 Å². The largest absolute Gasteiger partial charge is 0.461 e. The van der Waals surface area contributed by atoms with Crippen molar-refractivity contribution in [1.29, 1.82) is 0 Å². The van der Waals surface area contributed by atoms with Gasteiger partial charge >= 0.3 is 6.01 Å². The number of ether oxygens (including phenoxy) is 1. The van der Waals surface area contributed by atoms with Gasteiger partial charge in [0.15, 0.2) is 0 Å². The Labute approximate surface area is 101 Å². The van der Waals surface area contributed by atoms with Crippen LogP contribution in [0.5, 0.6) is 6.01 Å². The summed E-state index contributed by atoms with van der Waals surface area (Å²) in [5.74, 6) is 1.56. The Morgan fingerprint density at radius 3 is 2.65 bits per heavy atom. The highest BCUT2D eigenvalue weighted by molar-refractivity contribution is 5.35. The molecule has 2 rings (SSSR count). The second-order valence-electron chi connectivity index (χ2n) is 4.77. The molecule has 6 heteroatoms. The molecule has 0 bridgehead atoms. The lowest BCUT2D eigenvalue weighted by molar-refractivity contribution is 0.222. The fraction of sp³-hybridized carbons (Fsp3) is 0.727. The molecule has 17 heavy (non-hydrogen) atoms. The summed E-state index contributed by atoms with van der Waals surface area (Å²) in [6, 6.07) is 0.296. The summed E-state index contributed by atoms with van der Waals surface area (Å²) in [6.45, 7) is 4.81. The molecule has 1 saturated carbocycles. The third-order valence-corrected chi connectivity index (χ3v) is 2.53. The van der Waals surface area contributed by atoms with Crippen LogP contribution in [0.1, 0.15) is 26.7 Å². The number of hydrogen-bond acceptors (Lipinski definition) is 6. The maximum Gasteiger partial charge on any atom is 0.323 e. The molecule has 2 N–H and O–H groups in total. The summed E-state index contributed by atoms with van der Waals surface area (Å²) in [7, 11) is 1.96. The average Bonchev–Trinajstić information content (AvgIpc) is 2.99. The van der Waals surface area contributed by atoms with Crippen molar-refractivity contribution in [3.05, 3.63) is 0 Å². The highest BCUT2D eigenvalue weighted by Crippen LogP contribution is 2.30. The van der Waals surface area contributed by atoms with Crippen molar-refractivity contribution >= 4 is 11.9 Å². The van der Waals surface area contributed by atoms with Gasteiger partial charge in [-0.25, -0.2) is 0 Å². The smallest absolute Gasteiger partial charge is 0.323 e. The molecule has 0 aliphatic heterocycles. The van der Waals surface area contributed by atoms with Gasteiger partial charge in [0.25, 0.3) is 0 Å². The van der Waals surface area contributed by atoms with E-state index in [0.717, 1.165) is 12.5 Å². The second kappa shape index (κ2) is 4.73. The topological polar surface area (TPSA) is 77.2 Å². The van der Waals surface area contributed by atoms with Gasteiger partial charge in [-0.15, -0.1) is 0 Å². The third-order valence-electron chi connectivity index (χ3n) is 2.53. The third kappa shape index (κ3) is 3.44. The Balaban J connectivity index is 2.11. The molecule has 0 saturated heterocycles. The van der Waals surface area contributed by atoms with Crippen LogP contribution in [-0.4, -0.2) is 34.6 Å². The van der Waals surface area contributed by atoms with Crippen LogP contribution in [0.25, 0.3) is 0 Å². The molecule has 1 heterocycles. The Morgan fingerprint density at radius 2 is 2.06 bits per heavy atom. The number of nitrogens with two attached hydrogens (primary N) is 1. The van der Waals surface area contributed by atoms with E-state index in [0.29, 0.717) is 12.0 Å². The predicted molar refractivity (Wildman–Crippen MR) is 66.0 cm³/mol. The molecule has 94 valence electrons. The van der Waals surface area contributed by atoms with E-state index in [-0.39, 0.29) is 12.1 Å². The molecule has 1 aliphatic rings. The van der Waals surface area contributed by atoms with Gasteiger partial charge < -0.3 is 15.4 Å². The average molecular weight is 237 g/mol. The zero-order valence-electron chi connectivity index (χ0n) is 10.6. The summed E-state index contributed by atoms with van der Waals surface area (Å²) in [5, 5.41) is 0. The van der Waals surface area contributed by atoms with Gasteiger partial charge in [-0.1, -0.05) is 0 Å². The molecule has 1 fully saturated rings. The molecule has 1 aromatic rings. The quantitative estimate of drug-likeness (QED) is 0.826. The number of aromatic nitrogens is 3. The lowest BCUT2D eigenvalue weighted by Gasteiger charge is -2.17. The standard InChI is InChI=1S/C11H19N5O/c1-7(2)17-11-14-9(12)13-10(15-11)16(3)6-8-4-5-8/h7-8H,4-6H2,1-3H3,(H2,12,13,14,15). The minimum absolute atomic E-state index is 0.0263.